The molecule has 0 unspecified atom stereocenters. The first-order chi connectivity index (χ1) is 72.8. The predicted octanol–water partition coefficient (Wildman–Crippen LogP) is 36.2. The van der Waals surface area contributed by atoms with E-state index in [9.17, 15) is 0 Å². The van der Waals surface area contributed by atoms with Crippen LogP contribution in [0.15, 0.2) is 528 Å². The van der Waals surface area contributed by atoms with Crippen LogP contribution in [0.5, 0.6) is 0 Å². The van der Waals surface area contributed by atoms with Gasteiger partial charge in [0.2, 0.25) is 0 Å². The zero-order valence-corrected chi connectivity index (χ0v) is 80.5. The minimum Gasteiger partial charge on any atom is -0.256 e. The van der Waals surface area contributed by atoms with Crippen molar-refractivity contribution >= 4 is 119 Å². The number of nitrogens with zero attached hydrogens (tertiary/aromatic N) is 9. The Bertz CT molecular complexity index is 9830. The molecule has 0 aliphatic carbocycles. The highest BCUT2D eigenvalue weighted by molar-refractivity contribution is 7.26. The smallest absolute Gasteiger partial charge is 0.160 e. The van der Waals surface area contributed by atoms with E-state index in [-0.39, 0.29) is 0 Å². The molecule has 0 atom stereocenters. The van der Waals surface area contributed by atoms with Gasteiger partial charge < -0.3 is 0 Å². The molecule has 0 saturated carbocycles. The third kappa shape index (κ3) is 17.2. The van der Waals surface area contributed by atoms with Crippen molar-refractivity contribution in [3.63, 3.8) is 0 Å². The van der Waals surface area contributed by atoms with Crippen molar-refractivity contribution in [3.8, 4) is 168 Å². The average molecular weight is 1890 g/mol. The van der Waals surface area contributed by atoms with E-state index in [2.05, 4.69) is 452 Å². The Labute approximate surface area is 853 Å². The molecule has 28 aromatic rings. The summed E-state index contributed by atoms with van der Waals surface area (Å²) < 4.78 is 2.33. The molecule has 10 heteroatoms. The molecular weight excluding hydrogens is 1800 g/mol. The van der Waals surface area contributed by atoms with Gasteiger partial charge in [0, 0.05) is 99.8 Å². The van der Waals surface area contributed by atoms with E-state index < -0.39 is 0 Å². The predicted molar refractivity (Wildman–Crippen MR) is 614 cm³/mol. The molecule has 0 fully saturated rings. The molecule has 686 valence electrons. The van der Waals surface area contributed by atoms with Crippen LogP contribution >= 0.6 is 11.3 Å². The fourth-order valence-electron chi connectivity index (χ4n) is 20.5. The van der Waals surface area contributed by atoms with Crippen LogP contribution in [0.1, 0.15) is 0 Å². The summed E-state index contributed by atoms with van der Waals surface area (Å²) >= 11 is 1.76. The number of hydrogen-bond acceptors (Lipinski definition) is 10. The highest BCUT2D eigenvalue weighted by Crippen LogP contribution is 2.45. The highest BCUT2D eigenvalue weighted by atomic mass is 32.1. The van der Waals surface area contributed by atoms with Gasteiger partial charge in [-0.2, -0.15) is 0 Å². The molecule has 0 spiro atoms. The molecule has 21 aromatic carbocycles. The van der Waals surface area contributed by atoms with Crippen LogP contribution in [-0.4, -0.2) is 44.9 Å². The van der Waals surface area contributed by atoms with Crippen molar-refractivity contribution in [1.29, 1.82) is 0 Å². The molecule has 147 heavy (non-hydrogen) atoms. The van der Waals surface area contributed by atoms with Gasteiger partial charge in [0.1, 0.15) is 0 Å². The van der Waals surface area contributed by atoms with Gasteiger partial charge >= 0.3 is 0 Å². The first-order valence-electron chi connectivity index (χ1n) is 49.5. The number of para-hydroxylation sites is 3. The van der Waals surface area contributed by atoms with Crippen LogP contribution in [0.2, 0.25) is 0 Å². The third-order valence-corrected chi connectivity index (χ3v) is 29.3. The minimum atomic E-state index is 0.718. The summed E-state index contributed by atoms with van der Waals surface area (Å²) in [5, 5.41) is 12.8. The fraction of sp³-hybridized carbons (Fsp3) is 0. The number of hydrogen-bond donors (Lipinski definition) is 0. The second-order valence-electron chi connectivity index (χ2n) is 36.9. The molecule has 0 saturated heterocycles. The lowest BCUT2D eigenvalue weighted by Crippen LogP contribution is -1.95. The largest absolute Gasteiger partial charge is 0.256 e. The summed E-state index contributed by atoms with van der Waals surface area (Å²) in [5.74, 6) is 1.45. The molecule has 7 aromatic heterocycles. The van der Waals surface area contributed by atoms with E-state index in [1.165, 1.54) is 109 Å². The SMILES string of the molecule is c1ccc(-c2ccc(-c3nc(-c4ccc(-c5ccc(-c6cccc7c6ccc6cccnc67)cc5)cc4)nc4c3sc3ccccc34)cc2)cc1.c1ccc(-c2ccc(-c3nc(-c4ccc(-c5ccc(-c6cccc7c6ccc6cccnc67)cc5)cc4)nc4ccccc34)cc2)cc1.c1ccc(-c2ccc(-c3nc4ccccc4nc3-c3ccc(-c4ccc(-c5cccc6c5ccc5cccnc56)cc4)cc3)cc2)cc1. The van der Waals surface area contributed by atoms with Crippen molar-refractivity contribution in [1.82, 2.24) is 44.9 Å². The van der Waals surface area contributed by atoms with Crippen molar-refractivity contribution in [2.75, 3.05) is 0 Å². The van der Waals surface area contributed by atoms with Crippen molar-refractivity contribution < 1.29 is 0 Å². The molecule has 9 nitrogen and oxygen atoms in total. The van der Waals surface area contributed by atoms with Gasteiger partial charge in [-0.15, -0.1) is 11.3 Å². The van der Waals surface area contributed by atoms with Crippen LogP contribution in [0, 0.1) is 0 Å². The molecule has 0 radical (unpaired) electrons. The molecule has 0 aliphatic rings. The maximum Gasteiger partial charge on any atom is 0.160 e. The second-order valence-corrected chi connectivity index (χ2v) is 38.0. The van der Waals surface area contributed by atoms with Gasteiger partial charge in [0.05, 0.1) is 66.1 Å². The van der Waals surface area contributed by atoms with Crippen LogP contribution in [0.25, 0.3) is 275 Å². The lowest BCUT2D eigenvalue weighted by Gasteiger charge is -2.12. The molecule has 28 rings (SSSR count). The molecule has 0 amide bonds. The zero-order valence-electron chi connectivity index (χ0n) is 79.7. The number of benzene rings is 21. The summed E-state index contributed by atoms with van der Waals surface area (Å²) in [7, 11) is 0. The van der Waals surface area contributed by atoms with E-state index >= 15 is 0 Å². The Morgan fingerprint density at radius 3 is 0.776 bits per heavy atom. The highest BCUT2D eigenvalue weighted by Gasteiger charge is 2.22. The lowest BCUT2D eigenvalue weighted by molar-refractivity contribution is 1.23. The normalized spacial score (nSPS) is 11.4. The first-order valence-corrected chi connectivity index (χ1v) is 50.3. The number of aromatic nitrogens is 9. The van der Waals surface area contributed by atoms with Crippen LogP contribution < -0.4 is 0 Å². The van der Waals surface area contributed by atoms with E-state index in [0.717, 1.165) is 166 Å². The molecule has 0 bridgehead atoms. The first kappa shape index (κ1) is 87.8. The van der Waals surface area contributed by atoms with Gasteiger partial charge in [-0.25, -0.2) is 29.9 Å². The number of rotatable bonds is 15. The summed E-state index contributed by atoms with van der Waals surface area (Å²) in [6.07, 6.45) is 5.60. The third-order valence-electron chi connectivity index (χ3n) is 28.1. The summed E-state index contributed by atoms with van der Waals surface area (Å²) in [4.78, 5) is 44.7. The van der Waals surface area contributed by atoms with E-state index in [1.807, 2.05) is 91.4 Å². The van der Waals surface area contributed by atoms with Gasteiger partial charge in [-0.3, -0.25) is 15.0 Å². The summed E-state index contributed by atoms with van der Waals surface area (Å²) in [5.41, 5.74) is 38.0. The molecule has 0 N–H and O–H groups in total. The van der Waals surface area contributed by atoms with Crippen molar-refractivity contribution in [2.45, 2.75) is 0 Å². The summed E-state index contributed by atoms with van der Waals surface area (Å²) in [6, 6.07) is 179. The number of pyridine rings is 3. The quantitative estimate of drug-likeness (QED) is 0.0925. The Morgan fingerprint density at radius 2 is 0.408 bits per heavy atom. The summed E-state index contributed by atoms with van der Waals surface area (Å²) in [6.45, 7) is 0. The second kappa shape index (κ2) is 38.6. The van der Waals surface area contributed by atoms with Gasteiger partial charge in [-0.05, 0) is 159 Å². The number of fused-ring (bicyclic) bond motifs is 14. The Morgan fingerprint density at radius 1 is 0.136 bits per heavy atom. The van der Waals surface area contributed by atoms with E-state index in [4.69, 9.17) is 29.9 Å². The maximum atomic E-state index is 5.23. The Balaban J connectivity index is 0.000000112. The number of thiophene rings is 1. The maximum absolute atomic E-state index is 5.23. The van der Waals surface area contributed by atoms with E-state index in [1.54, 1.807) is 11.3 Å². The standard InChI is InChI=1S/C47H29N3S.2C45H29N3/c1-2-8-30(9-3-1)31-17-23-36(24-18-31)44-46-45(41-11-4-5-14-42(41)51-46)50-47(49-44)37-25-19-33(20-26-37)32-15-21-34(22-16-32)38-12-6-13-40-39(38)28-27-35-10-7-29-48-43(35)40;1-2-8-30(9-3-1)31-17-23-36(24-18-31)44-45(48-42-14-5-4-13-41(42)47-44)37-25-19-33(20-26-37)32-15-21-34(22-16-32)38-11-6-12-40-39(38)28-27-35-10-7-29-46-43(35)40;1-2-8-30(9-3-1)31-17-23-36(24-18-31)44-41-11-4-5-14-42(41)47-45(48-44)37-25-19-33(20-26-37)32-15-21-34(22-16-32)38-12-6-13-40-39(38)28-27-35-10-7-29-46-43(35)40/h1-29H;2*1-29H. The minimum absolute atomic E-state index is 0.718. The van der Waals surface area contributed by atoms with Crippen molar-refractivity contribution in [3.05, 3.63) is 528 Å². The van der Waals surface area contributed by atoms with Crippen LogP contribution in [-0.2, 0) is 0 Å². The van der Waals surface area contributed by atoms with E-state index in [0.29, 0.717) is 0 Å². The van der Waals surface area contributed by atoms with Crippen LogP contribution in [0.3, 0.4) is 0 Å². The van der Waals surface area contributed by atoms with Gasteiger partial charge in [0.15, 0.2) is 11.6 Å². The van der Waals surface area contributed by atoms with Crippen molar-refractivity contribution in [2.24, 2.45) is 0 Å². The topological polar surface area (TPSA) is 116 Å². The monoisotopic (exact) mass is 1890 g/mol. The molecule has 0 aliphatic heterocycles. The molecular formula is C137H87N9S. The zero-order chi connectivity index (χ0) is 97.5. The Kier molecular flexibility index (Phi) is 23.0. The fourth-order valence-corrected chi connectivity index (χ4v) is 21.7. The Hall–Kier alpha value is -19.4. The molecule has 7 heterocycles. The average Bonchev–Trinajstić information content (AvgIpc) is 1.45. The van der Waals surface area contributed by atoms with Gasteiger partial charge in [-0.1, -0.05) is 467 Å². The lowest BCUT2D eigenvalue weighted by atomic mass is 9.94. The van der Waals surface area contributed by atoms with Gasteiger partial charge in [0.25, 0.3) is 0 Å². The van der Waals surface area contributed by atoms with Crippen LogP contribution in [0.4, 0.5) is 0 Å².